The highest BCUT2D eigenvalue weighted by molar-refractivity contribution is 6.30. The predicted octanol–water partition coefficient (Wildman–Crippen LogP) is 3.51. The maximum atomic E-state index is 12.5. The molecule has 2 heterocycles. The van der Waals surface area contributed by atoms with Crippen molar-refractivity contribution in [2.45, 2.75) is 12.3 Å². The number of carbonyl (C=O) groups excluding carboxylic acids is 1. The van der Waals surface area contributed by atoms with E-state index in [-0.39, 0.29) is 5.91 Å². The molecule has 0 unspecified atom stereocenters. The third-order valence-electron chi connectivity index (χ3n) is 4.45. The molecule has 2 aliphatic heterocycles. The quantitative estimate of drug-likeness (QED) is 0.849. The van der Waals surface area contributed by atoms with Gasteiger partial charge in [0.2, 0.25) is 0 Å². The fraction of sp³-hybridized carbons (Fsp3) is 0.278. The summed E-state index contributed by atoms with van der Waals surface area (Å²) < 4.78 is 5.54. The zero-order valence-electron chi connectivity index (χ0n) is 12.1. The minimum atomic E-state index is 0.0866. The van der Waals surface area contributed by atoms with Crippen LogP contribution in [0.15, 0.2) is 42.5 Å². The molecule has 0 N–H and O–H groups in total. The molecule has 0 radical (unpaired) electrons. The van der Waals surface area contributed by atoms with Gasteiger partial charge in [-0.3, -0.25) is 4.79 Å². The van der Waals surface area contributed by atoms with Crippen LogP contribution in [0.1, 0.15) is 27.4 Å². The lowest BCUT2D eigenvalue weighted by Gasteiger charge is -2.39. The number of carbonyl (C=O) groups is 1. The molecule has 3 nitrogen and oxygen atoms in total. The Morgan fingerprint density at radius 3 is 2.68 bits per heavy atom. The second-order valence-electron chi connectivity index (χ2n) is 5.88. The van der Waals surface area contributed by atoms with Crippen LogP contribution in [0, 0.1) is 0 Å². The van der Waals surface area contributed by atoms with Crippen molar-refractivity contribution >= 4 is 17.5 Å². The van der Waals surface area contributed by atoms with Gasteiger partial charge in [-0.05, 0) is 35.4 Å². The molecule has 2 aromatic rings. The number of hydrogen-bond acceptors (Lipinski definition) is 2. The van der Waals surface area contributed by atoms with E-state index in [1.165, 1.54) is 11.1 Å². The van der Waals surface area contributed by atoms with E-state index in [9.17, 15) is 4.79 Å². The van der Waals surface area contributed by atoms with Crippen LogP contribution in [0.4, 0.5) is 0 Å². The summed E-state index contributed by atoms with van der Waals surface area (Å²) in [6, 6.07) is 13.7. The minimum absolute atomic E-state index is 0.0866. The minimum Gasteiger partial charge on any atom is -0.493 e. The summed E-state index contributed by atoms with van der Waals surface area (Å²) in [6.07, 6.45) is 0.937. The summed E-state index contributed by atoms with van der Waals surface area (Å²) in [4.78, 5) is 14.4. The summed E-state index contributed by atoms with van der Waals surface area (Å²) in [7, 11) is 0. The second kappa shape index (κ2) is 5.33. The number of hydrogen-bond donors (Lipinski definition) is 0. The number of fused-ring (bicyclic) bond motifs is 1. The van der Waals surface area contributed by atoms with Gasteiger partial charge in [0.15, 0.2) is 0 Å². The Morgan fingerprint density at radius 1 is 1.14 bits per heavy atom. The number of benzene rings is 2. The van der Waals surface area contributed by atoms with Crippen molar-refractivity contribution in [2.75, 3.05) is 19.7 Å². The first-order chi connectivity index (χ1) is 10.7. The van der Waals surface area contributed by atoms with Crippen molar-refractivity contribution in [3.8, 4) is 5.75 Å². The third-order valence-corrected chi connectivity index (χ3v) is 4.71. The van der Waals surface area contributed by atoms with Crippen LogP contribution in [0.2, 0.25) is 5.02 Å². The molecule has 0 saturated carbocycles. The first kappa shape index (κ1) is 13.6. The smallest absolute Gasteiger partial charge is 0.254 e. The van der Waals surface area contributed by atoms with Gasteiger partial charge in [-0.25, -0.2) is 0 Å². The average molecular weight is 314 g/mol. The number of nitrogens with zero attached hydrogens (tertiary/aromatic N) is 1. The highest BCUT2D eigenvalue weighted by Gasteiger charge is 2.32. The van der Waals surface area contributed by atoms with Gasteiger partial charge in [-0.1, -0.05) is 29.8 Å². The summed E-state index contributed by atoms with van der Waals surface area (Å²) in [5, 5.41) is 0.745. The van der Waals surface area contributed by atoms with E-state index in [0.29, 0.717) is 5.92 Å². The molecular formula is C18H16ClNO2. The molecule has 1 amide bonds. The van der Waals surface area contributed by atoms with Crippen molar-refractivity contribution < 1.29 is 9.53 Å². The van der Waals surface area contributed by atoms with Crippen LogP contribution < -0.4 is 4.74 Å². The van der Waals surface area contributed by atoms with Crippen LogP contribution in [-0.2, 0) is 6.42 Å². The molecule has 1 saturated heterocycles. The maximum absolute atomic E-state index is 12.5. The van der Waals surface area contributed by atoms with E-state index >= 15 is 0 Å². The van der Waals surface area contributed by atoms with Gasteiger partial charge in [0.25, 0.3) is 5.91 Å². The van der Waals surface area contributed by atoms with Gasteiger partial charge < -0.3 is 9.64 Å². The highest BCUT2D eigenvalue weighted by Crippen LogP contribution is 2.31. The van der Waals surface area contributed by atoms with E-state index < -0.39 is 0 Å². The summed E-state index contributed by atoms with van der Waals surface area (Å²) in [5.41, 5.74) is 3.15. The molecule has 22 heavy (non-hydrogen) atoms. The standard InChI is InChI=1S/C18H16ClNO2/c19-16-5-3-12(4-6-16)15-10-20(11-15)18(21)14-2-1-13-7-8-22-17(13)9-14/h1-6,9,15H,7-8,10-11H2. The Hall–Kier alpha value is -2.00. The van der Waals surface area contributed by atoms with Crippen LogP contribution in [0.5, 0.6) is 5.75 Å². The number of amides is 1. The predicted molar refractivity (Wildman–Crippen MR) is 85.7 cm³/mol. The average Bonchev–Trinajstić information content (AvgIpc) is 2.95. The lowest BCUT2D eigenvalue weighted by Crippen LogP contribution is -2.48. The maximum Gasteiger partial charge on any atom is 0.254 e. The van der Waals surface area contributed by atoms with Crippen LogP contribution in [0.3, 0.4) is 0 Å². The van der Waals surface area contributed by atoms with E-state index in [0.717, 1.165) is 42.5 Å². The molecular weight excluding hydrogens is 298 g/mol. The Balaban J connectivity index is 1.44. The third kappa shape index (κ3) is 2.35. The van der Waals surface area contributed by atoms with Gasteiger partial charge >= 0.3 is 0 Å². The number of ether oxygens (including phenoxy) is 1. The number of likely N-dealkylation sites (tertiary alicyclic amines) is 1. The fourth-order valence-corrected chi connectivity index (χ4v) is 3.20. The normalized spacial score (nSPS) is 16.9. The van der Waals surface area contributed by atoms with Gasteiger partial charge in [-0.2, -0.15) is 0 Å². The first-order valence-electron chi connectivity index (χ1n) is 7.51. The Labute approximate surface area is 134 Å². The molecule has 0 bridgehead atoms. The monoisotopic (exact) mass is 313 g/mol. The van der Waals surface area contributed by atoms with E-state index in [1.54, 1.807) is 0 Å². The van der Waals surface area contributed by atoms with Crippen molar-refractivity contribution in [1.29, 1.82) is 0 Å². The van der Waals surface area contributed by atoms with E-state index in [2.05, 4.69) is 0 Å². The summed E-state index contributed by atoms with van der Waals surface area (Å²) >= 11 is 5.91. The van der Waals surface area contributed by atoms with Gasteiger partial charge in [0.1, 0.15) is 5.75 Å². The van der Waals surface area contributed by atoms with Crippen LogP contribution in [0.25, 0.3) is 0 Å². The number of halogens is 1. The highest BCUT2D eigenvalue weighted by atomic mass is 35.5. The molecule has 0 spiro atoms. The van der Waals surface area contributed by atoms with Gasteiger partial charge in [0.05, 0.1) is 6.61 Å². The first-order valence-corrected chi connectivity index (χ1v) is 7.89. The van der Waals surface area contributed by atoms with Crippen LogP contribution in [-0.4, -0.2) is 30.5 Å². The summed E-state index contributed by atoms with van der Waals surface area (Å²) in [5.74, 6) is 1.36. The van der Waals surface area contributed by atoms with Gasteiger partial charge in [0, 0.05) is 36.0 Å². The lowest BCUT2D eigenvalue weighted by atomic mass is 9.91. The molecule has 0 aliphatic carbocycles. The topological polar surface area (TPSA) is 29.5 Å². The van der Waals surface area contributed by atoms with Crippen molar-refractivity contribution in [3.63, 3.8) is 0 Å². The Bertz CT molecular complexity index is 720. The molecule has 2 aliphatic rings. The number of rotatable bonds is 2. The molecule has 112 valence electrons. The molecule has 4 rings (SSSR count). The zero-order chi connectivity index (χ0) is 15.1. The molecule has 4 heteroatoms. The summed E-state index contributed by atoms with van der Waals surface area (Å²) in [6.45, 7) is 2.24. The van der Waals surface area contributed by atoms with Crippen molar-refractivity contribution in [1.82, 2.24) is 4.90 Å². The Kier molecular flexibility index (Phi) is 3.30. The molecule has 2 aromatic carbocycles. The fourth-order valence-electron chi connectivity index (χ4n) is 3.07. The molecule has 0 atom stereocenters. The second-order valence-corrected chi connectivity index (χ2v) is 6.32. The lowest BCUT2D eigenvalue weighted by molar-refractivity contribution is 0.0602. The Morgan fingerprint density at radius 2 is 1.91 bits per heavy atom. The van der Waals surface area contributed by atoms with E-state index in [1.807, 2.05) is 47.4 Å². The van der Waals surface area contributed by atoms with E-state index in [4.69, 9.17) is 16.3 Å². The van der Waals surface area contributed by atoms with Crippen molar-refractivity contribution in [2.24, 2.45) is 0 Å². The SMILES string of the molecule is O=C(c1ccc2c(c1)OCC2)N1CC(c2ccc(Cl)cc2)C1. The largest absolute Gasteiger partial charge is 0.493 e. The zero-order valence-corrected chi connectivity index (χ0v) is 12.8. The van der Waals surface area contributed by atoms with Gasteiger partial charge in [-0.15, -0.1) is 0 Å². The van der Waals surface area contributed by atoms with Crippen LogP contribution >= 0.6 is 11.6 Å². The molecule has 0 aromatic heterocycles. The molecule has 1 fully saturated rings. The van der Waals surface area contributed by atoms with Crippen molar-refractivity contribution in [3.05, 3.63) is 64.2 Å².